The molecular weight excluding hydrogens is 256 g/mol. The molecule has 0 spiro atoms. The fraction of sp³-hybridized carbons (Fsp3) is 0.933. The van der Waals surface area contributed by atoms with Crippen LogP contribution in [-0.4, -0.2) is 36.5 Å². The SMILES string of the molecule is O=C(CC1CCCCC1)NCCN[C@@H]1CCCSC1. The molecule has 2 fully saturated rings. The minimum Gasteiger partial charge on any atom is -0.355 e. The van der Waals surface area contributed by atoms with E-state index >= 15 is 0 Å². The number of nitrogens with one attached hydrogen (secondary N) is 2. The van der Waals surface area contributed by atoms with Crippen LogP contribution in [0, 0.1) is 5.92 Å². The van der Waals surface area contributed by atoms with Gasteiger partial charge in [0.2, 0.25) is 5.91 Å². The first kappa shape index (κ1) is 15.2. The summed E-state index contributed by atoms with van der Waals surface area (Å²) in [6.45, 7) is 1.70. The highest BCUT2D eigenvalue weighted by Crippen LogP contribution is 2.25. The average Bonchev–Trinajstić information content (AvgIpc) is 2.46. The van der Waals surface area contributed by atoms with Crippen molar-refractivity contribution < 1.29 is 4.79 Å². The van der Waals surface area contributed by atoms with Gasteiger partial charge in [-0.15, -0.1) is 0 Å². The molecule has 1 aliphatic heterocycles. The van der Waals surface area contributed by atoms with Gasteiger partial charge in [0.15, 0.2) is 0 Å². The van der Waals surface area contributed by atoms with Gasteiger partial charge in [-0.2, -0.15) is 11.8 Å². The smallest absolute Gasteiger partial charge is 0.220 e. The van der Waals surface area contributed by atoms with Crippen molar-refractivity contribution in [2.24, 2.45) is 5.92 Å². The molecule has 1 saturated carbocycles. The molecule has 2 N–H and O–H groups in total. The molecule has 1 aliphatic carbocycles. The molecule has 19 heavy (non-hydrogen) atoms. The lowest BCUT2D eigenvalue weighted by molar-refractivity contribution is -0.122. The van der Waals surface area contributed by atoms with Crippen LogP contribution in [0.4, 0.5) is 0 Å². The second-order valence-electron chi connectivity index (χ2n) is 5.93. The summed E-state index contributed by atoms with van der Waals surface area (Å²) in [5.41, 5.74) is 0. The number of amides is 1. The standard InChI is InChI=1S/C15H28N2OS/c18-15(11-13-5-2-1-3-6-13)17-9-8-16-14-7-4-10-19-12-14/h13-14,16H,1-12H2,(H,17,18)/t14-/m1/s1. The van der Waals surface area contributed by atoms with E-state index < -0.39 is 0 Å². The highest BCUT2D eigenvalue weighted by molar-refractivity contribution is 7.99. The van der Waals surface area contributed by atoms with E-state index in [-0.39, 0.29) is 5.91 Å². The fourth-order valence-electron chi connectivity index (χ4n) is 3.11. The van der Waals surface area contributed by atoms with Gasteiger partial charge < -0.3 is 10.6 Å². The molecule has 1 amide bonds. The number of thioether (sulfide) groups is 1. The van der Waals surface area contributed by atoms with E-state index in [1.54, 1.807) is 0 Å². The van der Waals surface area contributed by atoms with Gasteiger partial charge in [-0.05, 0) is 37.4 Å². The lowest BCUT2D eigenvalue weighted by Crippen LogP contribution is -2.39. The number of carbonyl (C=O) groups excluding carboxylic acids is 1. The van der Waals surface area contributed by atoms with Crippen molar-refractivity contribution in [2.75, 3.05) is 24.6 Å². The predicted molar refractivity (Wildman–Crippen MR) is 82.6 cm³/mol. The predicted octanol–water partition coefficient (Wildman–Crippen LogP) is 2.56. The summed E-state index contributed by atoms with van der Waals surface area (Å²) in [5, 5.41) is 6.61. The van der Waals surface area contributed by atoms with E-state index in [1.165, 1.54) is 56.5 Å². The van der Waals surface area contributed by atoms with Gasteiger partial charge in [0.05, 0.1) is 0 Å². The molecule has 0 bridgehead atoms. The van der Waals surface area contributed by atoms with Crippen LogP contribution in [0.25, 0.3) is 0 Å². The maximum absolute atomic E-state index is 11.8. The molecule has 0 radical (unpaired) electrons. The summed E-state index contributed by atoms with van der Waals surface area (Å²) in [6.07, 6.45) is 9.88. The monoisotopic (exact) mass is 284 g/mol. The fourth-order valence-corrected chi connectivity index (χ4v) is 4.21. The minimum atomic E-state index is 0.256. The normalized spacial score (nSPS) is 25.2. The van der Waals surface area contributed by atoms with Crippen LogP contribution in [0.3, 0.4) is 0 Å². The van der Waals surface area contributed by atoms with E-state index in [1.807, 2.05) is 11.8 Å². The van der Waals surface area contributed by atoms with Crippen molar-refractivity contribution in [2.45, 2.75) is 57.4 Å². The molecular formula is C15H28N2OS. The van der Waals surface area contributed by atoms with E-state index in [0.29, 0.717) is 12.0 Å². The largest absolute Gasteiger partial charge is 0.355 e. The first-order valence-electron chi connectivity index (χ1n) is 7.92. The maximum atomic E-state index is 11.8. The highest BCUT2D eigenvalue weighted by Gasteiger charge is 2.17. The van der Waals surface area contributed by atoms with Crippen molar-refractivity contribution >= 4 is 17.7 Å². The second kappa shape index (κ2) is 8.85. The first-order valence-corrected chi connectivity index (χ1v) is 9.08. The van der Waals surface area contributed by atoms with Gasteiger partial charge in [-0.3, -0.25) is 4.79 Å². The molecule has 0 unspecified atom stereocenters. The van der Waals surface area contributed by atoms with Crippen molar-refractivity contribution in [3.8, 4) is 0 Å². The highest BCUT2D eigenvalue weighted by atomic mass is 32.2. The number of hydrogen-bond acceptors (Lipinski definition) is 3. The third-order valence-corrected chi connectivity index (χ3v) is 5.45. The Morgan fingerprint density at radius 3 is 2.63 bits per heavy atom. The van der Waals surface area contributed by atoms with Crippen LogP contribution < -0.4 is 10.6 Å². The van der Waals surface area contributed by atoms with Crippen molar-refractivity contribution in [1.82, 2.24) is 10.6 Å². The average molecular weight is 284 g/mol. The summed E-state index contributed by atoms with van der Waals surface area (Å²) in [4.78, 5) is 11.8. The third kappa shape index (κ3) is 6.17. The van der Waals surface area contributed by atoms with Gasteiger partial charge in [-0.1, -0.05) is 19.3 Å². The van der Waals surface area contributed by atoms with Gasteiger partial charge in [0.1, 0.15) is 0 Å². The number of carbonyl (C=O) groups is 1. The molecule has 110 valence electrons. The lowest BCUT2D eigenvalue weighted by atomic mass is 9.87. The van der Waals surface area contributed by atoms with Crippen molar-refractivity contribution in [1.29, 1.82) is 0 Å². The van der Waals surface area contributed by atoms with Crippen LogP contribution in [-0.2, 0) is 4.79 Å². The number of rotatable bonds is 6. The molecule has 0 aromatic rings. The topological polar surface area (TPSA) is 41.1 Å². The Hall–Kier alpha value is -0.220. The summed E-state index contributed by atoms with van der Waals surface area (Å²) < 4.78 is 0. The van der Waals surface area contributed by atoms with E-state index in [4.69, 9.17) is 0 Å². The molecule has 4 heteroatoms. The van der Waals surface area contributed by atoms with E-state index in [0.717, 1.165) is 19.5 Å². The Labute approximate surface area is 121 Å². The molecule has 2 rings (SSSR count). The zero-order chi connectivity index (χ0) is 13.3. The molecule has 1 saturated heterocycles. The number of hydrogen-bond donors (Lipinski definition) is 2. The molecule has 3 nitrogen and oxygen atoms in total. The zero-order valence-electron chi connectivity index (χ0n) is 12.0. The van der Waals surface area contributed by atoms with Gasteiger partial charge >= 0.3 is 0 Å². The van der Waals surface area contributed by atoms with Crippen LogP contribution in [0.2, 0.25) is 0 Å². The molecule has 1 heterocycles. The quantitative estimate of drug-likeness (QED) is 0.737. The molecule has 2 aliphatic rings. The Morgan fingerprint density at radius 1 is 1.05 bits per heavy atom. The first-order chi connectivity index (χ1) is 9.34. The van der Waals surface area contributed by atoms with Gasteiger partial charge in [0, 0.05) is 31.3 Å². The van der Waals surface area contributed by atoms with Crippen LogP contribution >= 0.6 is 11.8 Å². The molecule has 1 atom stereocenters. The summed E-state index contributed by atoms with van der Waals surface area (Å²) in [7, 11) is 0. The van der Waals surface area contributed by atoms with Crippen molar-refractivity contribution in [3.05, 3.63) is 0 Å². The Kier molecular flexibility index (Phi) is 7.07. The third-order valence-electron chi connectivity index (χ3n) is 4.24. The Morgan fingerprint density at radius 2 is 1.89 bits per heavy atom. The molecule has 0 aromatic heterocycles. The summed E-state index contributed by atoms with van der Waals surface area (Å²) in [5.74, 6) is 3.45. The Bertz CT molecular complexity index is 261. The van der Waals surface area contributed by atoms with Gasteiger partial charge in [-0.25, -0.2) is 0 Å². The van der Waals surface area contributed by atoms with E-state index in [9.17, 15) is 4.79 Å². The molecule has 0 aromatic carbocycles. The zero-order valence-corrected chi connectivity index (χ0v) is 12.8. The summed E-state index contributed by atoms with van der Waals surface area (Å²) >= 11 is 2.04. The van der Waals surface area contributed by atoms with Crippen molar-refractivity contribution in [3.63, 3.8) is 0 Å². The lowest BCUT2D eigenvalue weighted by Gasteiger charge is -2.23. The van der Waals surface area contributed by atoms with Crippen LogP contribution in [0.15, 0.2) is 0 Å². The summed E-state index contributed by atoms with van der Waals surface area (Å²) in [6, 6.07) is 0.661. The second-order valence-corrected chi connectivity index (χ2v) is 7.08. The van der Waals surface area contributed by atoms with Crippen LogP contribution in [0.1, 0.15) is 51.4 Å². The maximum Gasteiger partial charge on any atom is 0.220 e. The minimum absolute atomic E-state index is 0.256. The van der Waals surface area contributed by atoms with Gasteiger partial charge in [0.25, 0.3) is 0 Å². The van der Waals surface area contributed by atoms with Crippen LogP contribution in [0.5, 0.6) is 0 Å². The Balaban J connectivity index is 1.48. The van der Waals surface area contributed by atoms with E-state index in [2.05, 4.69) is 10.6 Å².